The lowest BCUT2D eigenvalue weighted by molar-refractivity contribution is 0.324. The fourth-order valence-electron chi connectivity index (χ4n) is 2.37. The average molecular weight is 239 g/mol. The first-order valence-corrected chi connectivity index (χ1v) is 6.94. The maximum absolute atomic E-state index is 4.41. The van der Waals surface area contributed by atoms with Crippen molar-refractivity contribution < 1.29 is 0 Å². The van der Waals surface area contributed by atoms with E-state index in [0.29, 0.717) is 18.1 Å². The van der Waals surface area contributed by atoms with Crippen LogP contribution in [0.3, 0.4) is 0 Å². The number of likely N-dealkylation sites (N-methyl/N-ethyl adjacent to an activating group) is 1. The molecule has 1 aliphatic heterocycles. The molecule has 2 heterocycles. The smallest absolute Gasteiger partial charge is 0.109 e. The fourth-order valence-corrected chi connectivity index (χ4v) is 3.15. The first kappa shape index (κ1) is 12.0. The Balaban J connectivity index is 1.93. The molecule has 4 heteroatoms. The zero-order chi connectivity index (χ0) is 11.5. The molecule has 2 rings (SSSR count). The van der Waals surface area contributed by atoms with Crippen molar-refractivity contribution in [2.75, 3.05) is 13.6 Å². The number of thiazole rings is 1. The van der Waals surface area contributed by atoms with Crippen LogP contribution in [0.25, 0.3) is 0 Å². The maximum atomic E-state index is 4.41. The topological polar surface area (TPSA) is 28.2 Å². The zero-order valence-electron chi connectivity index (χ0n) is 10.3. The first-order chi connectivity index (χ1) is 7.70. The largest absolute Gasteiger partial charge is 0.304 e. The van der Waals surface area contributed by atoms with Gasteiger partial charge in [0, 0.05) is 30.2 Å². The Morgan fingerprint density at radius 3 is 3.00 bits per heavy atom. The molecule has 1 aliphatic rings. The molecule has 3 atom stereocenters. The molecule has 0 saturated carbocycles. The third kappa shape index (κ3) is 2.62. The van der Waals surface area contributed by atoms with Crippen molar-refractivity contribution in [3.05, 3.63) is 16.6 Å². The summed E-state index contributed by atoms with van der Waals surface area (Å²) in [6, 6.07) is 1.75. The van der Waals surface area contributed by atoms with Crippen LogP contribution in [0.15, 0.2) is 11.6 Å². The Kier molecular flexibility index (Phi) is 3.95. The number of likely N-dealkylation sites (tertiary alicyclic amines) is 1. The summed E-state index contributed by atoms with van der Waals surface area (Å²) >= 11 is 1.75. The van der Waals surface area contributed by atoms with Gasteiger partial charge in [0.15, 0.2) is 0 Å². The third-order valence-corrected chi connectivity index (χ3v) is 4.37. The fraction of sp³-hybridized carbons (Fsp3) is 0.750. The molecule has 16 heavy (non-hydrogen) atoms. The maximum Gasteiger partial charge on any atom is 0.109 e. The number of nitrogens with one attached hydrogen (secondary N) is 1. The average Bonchev–Trinajstić information content (AvgIpc) is 2.86. The van der Waals surface area contributed by atoms with Crippen molar-refractivity contribution in [3.63, 3.8) is 0 Å². The highest BCUT2D eigenvalue weighted by Crippen LogP contribution is 2.23. The van der Waals surface area contributed by atoms with E-state index in [1.54, 1.807) is 11.3 Å². The van der Waals surface area contributed by atoms with E-state index in [-0.39, 0.29) is 0 Å². The van der Waals surface area contributed by atoms with Crippen LogP contribution in [0.2, 0.25) is 0 Å². The van der Waals surface area contributed by atoms with Crippen LogP contribution in [0.1, 0.15) is 37.7 Å². The minimum absolute atomic E-state index is 0.434. The van der Waals surface area contributed by atoms with Crippen molar-refractivity contribution in [3.8, 4) is 0 Å². The second-order valence-electron chi connectivity index (χ2n) is 4.72. The molecule has 90 valence electrons. The molecular formula is C12H21N3S. The summed E-state index contributed by atoms with van der Waals surface area (Å²) in [7, 11) is 2.21. The molecule has 0 amide bonds. The lowest BCUT2D eigenvalue weighted by Gasteiger charge is -2.19. The lowest BCUT2D eigenvalue weighted by Crippen LogP contribution is -2.34. The van der Waals surface area contributed by atoms with Gasteiger partial charge in [-0.05, 0) is 26.8 Å². The van der Waals surface area contributed by atoms with E-state index in [1.165, 1.54) is 11.4 Å². The molecule has 0 bridgehead atoms. The van der Waals surface area contributed by atoms with Crippen LogP contribution < -0.4 is 5.32 Å². The summed E-state index contributed by atoms with van der Waals surface area (Å²) in [6.07, 6.45) is 4.26. The molecule has 0 radical (unpaired) electrons. The van der Waals surface area contributed by atoms with E-state index in [0.717, 1.165) is 13.0 Å². The van der Waals surface area contributed by atoms with E-state index in [4.69, 9.17) is 0 Å². The molecule has 1 aromatic heterocycles. The Bertz CT molecular complexity index is 302. The molecule has 0 spiro atoms. The minimum atomic E-state index is 0.434. The predicted octanol–water partition coefficient (Wildman–Crippen LogP) is 2.28. The quantitative estimate of drug-likeness (QED) is 0.873. The highest BCUT2D eigenvalue weighted by Gasteiger charge is 2.28. The van der Waals surface area contributed by atoms with E-state index < -0.39 is 0 Å². The summed E-state index contributed by atoms with van der Waals surface area (Å²) in [6.45, 7) is 5.68. The van der Waals surface area contributed by atoms with Gasteiger partial charge in [-0.3, -0.25) is 0 Å². The predicted molar refractivity (Wildman–Crippen MR) is 68.8 cm³/mol. The molecular weight excluding hydrogens is 218 g/mol. The van der Waals surface area contributed by atoms with Crippen molar-refractivity contribution in [2.24, 2.45) is 0 Å². The normalized spacial score (nSPS) is 28.4. The van der Waals surface area contributed by atoms with E-state index >= 15 is 0 Å². The van der Waals surface area contributed by atoms with Gasteiger partial charge in [-0.15, -0.1) is 11.3 Å². The molecule has 1 N–H and O–H groups in total. The van der Waals surface area contributed by atoms with E-state index in [9.17, 15) is 0 Å². The van der Waals surface area contributed by atoms with Gasteiger partial charge in [0.1, 0.15) is 5.01 Å². The van der Waals surface area contributed by atoms with Crippen molar-refractivity contribution >= 4 is 11.3 Å². The molecule has 3 nitrogen and oxygen atoms in total. The van der Waals surface area contributed by atoms with Gasteiger partial charge in [0.25, 0.3) is 0 Å². The highest BCUT2D eigenvalue weighted by atomic mass is 32.1. The lowest BCUT2D eigenvalue weighted by atomic mass is 10.1. The van der Waals surface area contributed by atoms with Crippen LogP contribution in [0.4, 0.5) is 0 Å². The Labute approximate surface area is 102 Å². The van der Waals surface area contributed by atoms with Crippen LogP contribution in [0.5, 0.6) is 0 Å². The van der Waals surface area contributed by atoms with Gasteiger partial charge in [-0.25, -0.2) is 4.98 Å². The van der Waals surface area contributed by atoms with Gasteiger partial charge < -0.3 is 10.2 Å². The molecule has 1 saturated heterocycles. The summed E-state index contributed by atoms with van der Waals surface area (Å²) in [5.74, 6) is 0. The molecule has 0 aromatic carbocycles. The van der Waals surface area contributed by atoms with Crippen molar-refractivity contribution in [1.29, 1.82) is 0 Å². The van der Waals surface area contributed by atoms with Crippen molar-refractivity contribution in [2.45, 2.75) is 44.8 Å². The number of aromatic nitrogens is 1. The second-order valence-corrected chi connectivity index (χ2v) is 5.65. The Morgan fingerprint density at radius 1 is 1.69 bits per heavy atom. The standard InChI is InChI=1S/C12H21N3S/c1-4-11(12-13-5-6-16-12)14-10-7-9(2)15(3)8-10/h5-6,9-11,14H,4,7-8H2,1-3H3. The summed E-state index contributed by atoms with van der Waals surface area (Å²) < 4.78 is 0. The van der Waals surface area contributed by atoms with Crippen molar-refractivity contribution in [1.82, 2.24) is 15.2 Å². The van der Waals surface area contributed by atoms with Gasteiger partial charge in [-0.1, -0.05) is 6.92 Å². The van der Waals surface area contributed by atoms with Crippen LogP contribution in [0, 0.1) is 0 Å². The third-order valence-electron chi connectivity index (χ3n) is 3.48. The molecule has 0 aliphatic carbocycles. The van der Waals surface area contributed by atoms with E-state index in [2.05, 4.69) is 41.5 Å². The summed E-state index contributed by atoms with van der Waals surface area (Å²) in [5, 5.41) is 7.02. The van der Waals surface area contributed by atoms with Gasteiger partial charge in [-0.2, -0.15) is 0 Å². The van der Waals surface area contributed by atoms with Crippen LogP contribution in [-0.4, -0.2) is 35.6 Å². The summed E-state index contributed by atoms with van der Waals surface area (Å²) in [4.78, 5) is 6.83. The Morgan fingerprint density at radius 2 is 2.50 bits per heavy atom. The summed E-state index contributed by atoms with van der Waals surface area (Å²) in [5.41, 5.74) is 0. The highest BCUT2D eigenvalue weighted by molar-refractivity contribution is 7.09. The monoisotopic (exact) mass is 239 g/mol. The number of hydrogen-bond acceptors (Lipinski definition) is 4. The van der Waals surface area contributed by atoms with E-state index in [1.807, 2.05) is 6.20 Å². The van der Waals surface area contributed by atoms with Gasteiger partial charge in [0.05, 0.1) is 6.04 Å². The van der Waals surface area contributed by atoms with Gasteiger partial charge in [0.2, 0.25) is 0 Å². The zero-order valence-corrected chi connectivity index (χ0v) is 11.1. The minimum Gasteiger partial charge on any atom is -0.304 e. The van der Waals surface area contributed by atoms with Gasteiger partial charge >= 0.3 is 0 Å². The van der Waals surface area contributed by atoms with Crippen LogP contribution in [-0.2, 0) is 0 Å². The second kappa shape index (κ2) is 5.25. The number of rotatable bonds is 4. The Hall–Kier alpha value is -0.450. The number of nitrogens with zero attached hydrogens (tertiary/aromatic N) is 2. The first-order valence-electron chi connectivity index (χ1n) is 6.06. The molecule has 1 aromatic rings. The molecule has 1 fully saturated rings. The number of hydrogen-bond donors (Lipinski definition) is 1. The SMILES string of the molecule is CCC(NC1CC(C)N(C)C1)c1nccs1. The molecule has 3 unspecified atom stereocenters. The van der Waals surface area contributed by atoms with Crippen LogP contribution >= 0.6 is 11.3 Å².